The lowest BCUT2D eigenvalue weighted by Gasteiger charge is -2.09. The van der Waals surface area contributed by atoms with Crippen LogP contribution in [0.25, 0.3) is 11.3 Å². The van der Waals surface area contributed by atoms with Gasteiger partial charge in [0.1, 0.15) is 0 Å². The predicted octanol–water partition coefficient (Wildman–Crippen LogP) is 1.89. The lowest BCUT2D eigenvalue weighted by molar-refractivity contribution is 0.297. The fourth-order valence-electron chi connectivity index (χ4n) is 1.86. The number of hydrogen-bond donors (Lipinski definition) is 1. The van der Waals surface area contributed by atoms with Gasteiger partial charge < -0.3 is 15.2 Å². The van der Waals surface area contributed by atoms with Crippen LogP contribution in [0.1, 0.15) is 6.42 Å². The van der Waals surface area contributed by atoms with E-state index in [9.17, 15) is 0 Å². The molecule has 0 fully saturated rings. The summed E-state index contributed by atoms with van der Waals surface area (Å²) in [6.45, 7) is 1.36. The highest BCUT2D eigenvalue weighted by molar-refractivity contribution is 5.64. The molecule has 0 amide bonds. The molecule has 3 rings (SSSR count). The van der Waals surface area contributed by atoms with Crippen molar-refractivity contribution in [2.24, 2.45) is 0 Å². The average molecular weight is 243 g/mol. The smallest absolute Gasteiger partial charge is 0.220 e. The predicted molar refractivity (Wildman–Crippen MR) is 67.5 cm³/mol. The van der Waals surface area contributed by atoms with Gasteiger partial charge in [0.25, 0.3) is 0 Å². The Morgan fingerprint density at radius 2 is 1.89 bits per heavy atom. The topological polar surface area (TPSA) is 70.3 Å². The molecule has 0 saturated heterocycles. The Balaban J connectivity index is 2.01. The van der Waals surface area contributed by atoms with Crippen LogP contribution < -0.4 is 15.2 Å². The van der Waals surface area contributed by atoms with Crippen molar-refractivity contribution in [3.8, 4) is 22.8 Å². The summed E-state index contributed by atoms with van der Waals surface area (Å²) in [5.41, 5.74) is 7.29. The molecule has 1 aliphatic rings. The molecule has 2 heterocycles. The summed E-state index contributed by atoms with van der Waals surface area (Å²) in [6.07, 6.45) is 2.53. The van der Waals surface area contributed by atoms with Crippen LogP contribution in [0.2, 0.25) is 0 Å². The Morgan fingerprint density at radius 1 is 1.06 bits per heavy atom. The minimum atomic E-state index is 0.264. The molecule has 18 heavy (non-hydrogen) atoms. The monoisotopic (exact) mass is 243 g/mol. The number of rotatable bonds is 1. The molecule has 1 aromatic carbocycles. The number of benzene rings is 1. The Morgan fingerprint density at radius 3 is 2.72 bits per heavy atom. The zero-order valence-electron chi connectivity index (χ0n) is 9.80. The van der Waals surface area contributed by atoms with Crippen molar-refractivity contribution >= 4 is 5.95 Å². The molecule has 2 aromatic rings. The Kier molecular flexibility index (Phi) is 2.72. The maximum atomic E-state index is 5.64. The van der Waals surface area contributed by atoms with Gasteiger partial charge in [0, 0.05) is 18.2 Å². The van der Waals surface area contributed by atoms with E-state index in [1.165, 1.54) is 0 Å². The minimum Gasteiger partial charge on any atom is -0.490 e. The summed E-state index contributed by atoms with van der Waals surface area (Å²) in [4.78, 5) is 8.06. The van der Waals surface area contributed by atoms with Crippen molar-refractivity contribution in [2.45, 2.75) is 6.42 Å². The van der Waals surface area contributed by atoms with Crippen molar-refractivity contribution in [2.75, 3.05) is 18.9 Å². The van der Waals surface area contributed by atoms with Gasteiger partial charge in [-0.15, -0.1) is 0 Å². The van der Waals surface area contributed by atoms with Crippen LogP contribution in [-0.4, -0.2) is 23.2 Å². The third-order valence-corrected chi connectivity index (χ3v) is 2.72. The molecule has 0 unspecified atom stereocenters. The maximum Gasteiger partial charge on any atom is 0.220 e. The first-order chi connectivity index (χ1) is 8.83. The number of hydrogen-bond acceptors (Lipinski definition) is 5. The first-order valence-electron chi connectivity index (χ1n) is 5.81. The lowest BCUT2D eigenvalue weighted by atomic mass is 10.1. The molecule has 0 saturated carbocycles. The fraction of sp³-hybridized carbons (Fsp3) is 0.231. The van der Waals surface area contributed by atoms with E-state index >= 15 is 0 Å². The average Bonchev–Trinajstić information content (AvgIpc) is 2.63. The van der Waals surface area contributed by atoms with Gasteiger partial charge in [-0.05, 0) is 24.3 Å². The molecule has 1 aromatic heterocycles. The molecule has 92 valence electrons. The molecule has 2 N–H and O–H groups in total. The number of anilines is 1. The van der Waals surface area contributed by atoms with Crippen molar-refractivity contribution < 1.29 is 9.47 Å². The molecule has 1 aliphatic heterocycles. The van der Waals surface area contributed by atoms with Gasteiger partial charge in [-0.3, -0.25) is 0 Å². The van der Waals surface area contributed by atoms with E-state index < -0.39 is 0 Å². The van der Waals surface area contributed by atoms with E-state index in [2.05, 4.69) is 9.97 Å². The van der Waals surface area contributed by atoms with E-state index in [1.807, 2.05) is 24.3 Å². The quantitative estimate of drug-likeness (QED) is 0.828. The van der Waals surface area contributed by atoms with Crippen LogP contribution in [0.3, 0.4) is 0 Å². The van der Waals surface area contributed by atoms with Crippen molar-refractivity contribution in [1.82, 2.24) is 9.97 Å². The van der Waals surface area contributed by atoms with Gasteiger partial charge in [0.2, 0.25) is 5.95 Å². The van der Waals surface area contributed by atoms with Crippen molar-refractivity contribution in [1.29, 1.82) is 0 Å². The molecular weight excluding hydrogens is 230 g/mol. The summed E-state index contributed by atoms with van der Waals surface area (Å²) in [7, 11) is 0. The van der Waals surface area contributed by atoms with Gasteiger partial charge >= 0.3 is 0 Å². The zero-order valence-corrected chi connectivity index (χ0v) is 9.80. The van der Waals surface area contributed by atoms with Gasteiger partial charge in [0.05, 0.1) is 18.9 Å². The zero-order chi connectivity index (χ0) is 12.4. The molecule has 0 bridgehead atoms. The second-order valence-corrected chi connectivity index (χ2v) is 4.01. The normalized spacial score (nSPS) is 14.0. The molecule has 0 atom stereocenters. The van der Waals surface area contributed by atoms with Crippen LogP contribution >= 0.6 is 0 Å². The van der Waals surface area contributed by atoms with E-state index in [0.29, 0.717) is 13.2 Å². The highest BCUT2D eigenvalue weighted by atomic mass is 16.5. The summed E-state index contributed by atoms with van der Waals surface area (Å²) in [5, 5.41) is 0. The Labute approximate surface area is 105 Å². The van der Waals surface area contributed by atoms with E-state index in [-0.39, 0.29) is 5.95 Å². The SMILES string of the molecule is Nc1nccc(-c2ccc3c(c2)OCCCO3)n1. The first-order valence-corrected chi connectivity index (χ1v) is 5.81. The molecule has 5 heteroatoms. The summed E-state index contributed by atoms with van der Waals surface area (Å²) in [5.74, 6) is 1.79. The Bertz CT molecular complexity index is 572. The van der Waals surface area contributed by atoms with Crippen molar-refractivity contribution in [3.63, 3.8) is 0 Å². The third-order valence-electron chi connectivity index (χ3n) is 2.72. The second-order valence-electron chi connectivity index (χ2n) is 4.01. The van der Waals surface area contributed by atoms with E-state index in [0.717, 1.165) is 29.2 Å². The molecule has 5 nitrogen and oxygen atoms in total. The van der Waals surface area contributed by atoms with Crippen molar-refractivity contribution in [3.05, 3.63) is 30.5 Å². The minimum absolute atomic E-state index is 0.264. The number of nitrogens with zero attached hydrogens (tertiary/aromatic N) is 2. The van der Waals surface area contributed by atoms with Crippen LogP contribution in [0.15, 0.2) is 30.5 Å². The van der Waals surface area contributed by atoms with E-state index in [4.69, 9.17) is 15.2 Å². The number of aromatic nitrogens is 2. The second kappa shape index (κ2) is 4.52. The molecule has 0 radical (unpaired) electrons. The number of nitrogen functional groups attached to an aromatic ring is 1. The summed E-state index contributed by atoms with van der Waals surface area (Å²) in [6, 6.07) is 7.57. The molecule has 0 aliphatic carbocycles. The fourth-order valence-corrected chi connectivity index (χ4v) is 1.86. The lowest BCUT2D eigenvalue weighted by Crippen LogP contribution is -1.97. The highest BCUT2D eigenvalue weighted by Crippen LogP contribution is 2.33. The van der Waals surface area contributed by atoms with Crippen LogP contribution in [0.5, 0.6) is 11.5 Å². The molecule has 0 spiro atoms. The van der Waals surface area contributed by atoms with Crippen LogP contribution in [-0.2, 0) is 0 Å². The number of nitrogens with two attached hydrogens (primary N) is 1. The number of fused-ring (bicyclic) bond motifs is 1. The summed E-state index contributed by atoms with van der Waals surface area (Å²) >= 11 is 0. The summed E-state index contributed by atoms with van der Waals surface area (Å²) < 4.78 is 11.2. The highest BCUT2D eigenvalue weighted by Gasteiger charge is 2.11. The Hall–Kier alpha value is -2.30. The largest absolute Gasteiger partial charge is 0.490 e. The van der Waals surface area contributed by atoms with Gasteiger partial charge in [-0.2, -0.15) is 0 Å². The maximum absolute atomic E-state index is 5.64. The standard InChI is InChI=1S/C13H13N3O2/c14-13-15-5-4-10(16-13)9-2-3-11-12(8-9)18-7-1-6-17-11/h2-5,8H,1,6-7H2,(H2,14,15,16). The van der Waals surface area contributed by atoms with Crippen LogP contribution in [0.4, 0.5) is 5.95 Å². The first kappa shape index (κ1) is 10.8. The van der Waals surface area contributed by atoms with Gasteiger partial charge in [0.15, 0.2) is 11.5 Å². The van der Waals surface area contributed by atoms with Crippen LogP contribution in [0, 0.1) is 0 Å². The molecular formula is C13H13N3O2. The van der Waals surface area contributed by atoms with Gasteiger partial charge in [-0.25, -0.2) is 9.97 Å². The number of ether oxygens (including phenoxy) is 2. The van der Waals surface area contributed by atoms with E-state index in [1.54, 1.807) is 6.20 Å². The van der Waals surface area contributed by atoms with Gasteiger partial charge in [-0.1, -0.05) is 0 Å². The third kappa shape index (κ3) is 2.07.